The van der Waals surface area contributed by atoms with Crippen LogP contribution in [-0.2, 0) is 19.1 Å². The highest BCUT2D eigenvalue weighted by atomic mass is 19.1. The largest absolute Gasteiger partial charge is 0.465 e. The SMILES string of the molecule is CCOC(=O)C1CN(C2CC2)N=C(c2ccc(F)cc2)C1=O.CCOC(=O)c1cn(C2CC2)nc(-c2ccc(F)cc2)c1=O. The second-order valence-corrected chi connectivity index (χ2v) is 10.6. The topological polar surface area (TPSA) is 120 Å². The number of carbonyl (C=O) groups excluding carboxylic acids is 3. The quantitative estimate of drug-likeness (QED) is 0.275. The fraction of sp³-hybridized carbons (Fsp3) is 0.375. The maximum Gasteiger partial charge on any atom is 0.343 e. The van der Waals surface area contributed by atoms with Crippen LogP contribution in [0.3, 0.4) is 0 Å². The van der Waals surface area contributed by atoms with Crippen molar-refractivity contribution in [1.82, 2.24) is 14.8 Å². The molecule has 230 valence electrons. The van der Waals surface area contributed by atoms with Gasteiger partial charge in [0.1, 0.15) is 34.5 Å². The Morgan fingerprint density at radius 1 is 0.841 bits per heavy atom. The number of halogens is 2. The van der Waals surface area contributed by atoms with Crippen molar-refractivity contribution in [2.75, 3.05) is 19.8 Å². The minimum absolute atomic E-state index is 0.0388. The summed E-state index contributed by atoms with van der Waals surface area (Å²) in [6.45, 7) is 4.07. The van der Waals surface area contributed by atoms with Crippen molar-refractivity contribution in [3.8, 4) is 11.3 Å². The van der Waals surface area contributed by atoms with E-state index in [1.165, 1.54) is 54.7 Å². The number of hydrogen-bond acceptors (Lipinski definition) is 9. The number of benzene rings is 2. The highest BCUT2D eigenvalue weighted by Crippen LogP contribution is 2.34. The van der Waals surface area contributed by atoms with E-state index in [0.29, 0.717) is 11.1 Å². The summed E-state index contributed by atoms with van der Waals surface area (Å²) in [5.41, 5.74) is 0.802. The first-order valence-electron chi connectivity index (χ1n) is 14.6. The van der Waals surface area contributed by atoms with Gasteiger partial charge in [-0.15, -0.1) is 0 Å². The average molecular weight is 607 g/mol. The number of Topliss-reactive ketones (excluding diaryl/α,β-unsaturated/α-hetero) is 1. The predicted octanol–water partition coefficient (Wildman–Crippen LogP) is 4.32. The van der Waals surface area contributed by atoms with Crippen LogP contribution >= 0.6 is 0 Å². The zero-order valence-electron chi connectivity index (χ0n) is 24.4. The van der Waals surface area contributed by atoms with Crippen molar-refractivity contribution in [1.29, 1.82) is 0 Å². The van der Waals surface area contributed by atoms with Gasteiger partial charge in [0.15, 0.2) is 5.78 Å². The van der Waals surface area contributed by atoms with Crippen LogP contribution in [0, 0.1) is 17.6 Å². The van der Waals surface area contributed by atoms with Gasteiger partial charge in [-0.05, 0) is 88.1 Å². The van der Waals surface area contributed by atoms with E-state index >= 15 is 0 Å². The third-order valence-corrected chi connectivity index (χ3v) is 7.28. The standard InChI is InChI=1S/C16H17FN2O3.C16H15FN2O3/c2*1-2-22-16(21)13-9-19(12-7-8-12)18-14(15(13)20)10-3-5-11(17)6-4-10/h3-6,12-13H,2,7-9H2,1H3;3-6,9,12H,2,7-8H2,1H3. The summed E-state index contributed by atoms with van der Waals surface area (Å²) in [7, 11) is 0. The number of esters is 2. The van der Waals surface area contributed by atoms with E-state index in [9.17, 15) is 28.0 Å². The van der Waals surface area contributed by atoms with E-state index in [1.807, 2.05) is 0 Å². The van der Waals surface area contributed by atoms with Gasteiger partial charge in [-0.2, -0.15) is 10.2 Å². The van der Waals surface area contributed by atoms with Crippen molar-refractivity contribution in [3.63, 3.8) is 0 Å². The zero-order valence-corrected chi connectivity index (χ0v) is 24.4. The minimum Gasteiger partial charge on any atom is -0.465 e. The fourth-order valence-corrected chi connectivity index (χ4v) is 4.67. The first kappa shape index (κ1) is 30.7. The molecule has 0 radical (unpaired) electrons. The second kappa shape index (κ2) is 13.3. The molecule has 0 N–H and O–H groups in total. The first-order valence-corrected chi connectivity index (χ1v) is 14.6. The molecule has 12 heteroatoms. The van der Waals surface area contributed by atoms with E-state index < -0.39 is 29.1 Å². The molecule has 1 aromatic heterocycles. The van der Waals surface area contributed by atoms with Crippen molar-refractivity contribution >= 4 is 23.4 Å². The third-order valence-electron chi connectivity index (χ3n) is 7.28. The van der Waals surface area contributed by atoms with Crippen LogP contribution < -0.4 is 5.43 Å². The highest BCUT2D eigenvalue weighted by molar-refractivity contribution is 6.49. The number of hydrazone groups is 1. The molecular formula is C32H32F2N4O6. The number of rotatable bonds is 8. The van der Waals surface area contributed by atoms with E-state index in [0.717, 1.165) is 25.7 Å². The van der Waals surface area contributed by atoms with Gasteiger partial charge >= 0.3 is 11.9 Å². The lowest BCUT2D eigenvalue weighted by molar-refractivity contribution is -0.151. The van der Waals surface area contributed by atoms with Crippen LogP contribution in [0.2, 0.25) is 0 Å². The normalized spacial score (nSPS) is 17.7. The summed E-state index contributed by atoms with van der Waals surface area (Å²) in [5, 5.41) is 10.5. The molecule has 2 heterocycles. The van der Waals surface area contributed by atoms with Crippen molar-refractivity contribution in [3.05, 3.63) is 87.7 Å². The fourth-order valence-electron chi connectivity index (χ4n) is 4.67. The van der Waals surface area contributed by atoms with Crippen LogP contribution in [0.25, 0.3) is 11.3 Å². The molecule has 1 aliphatic heterocycles. The summed E-state index contributed by atoms with van der Waals surface area (Å²) in [6.07, 6.45) is 5.38. The molecular weight excluding hydrogens is 574 g/mol. The summed E-state index contributed by atoms with van der Waals surface area (Å²) in [6, 6.07) is 11.5. The molecule has 2 aromatic carbocycles. The smallest absolute Gasteiger partial charge is 0.343 e. The molecule has 3 aliphatic rings. The van der Waals surface area contributed by atoms with Gasteiger partial charge in [0, 0.05) is 23.4 Å². The first-order chi connectivity index (χ1) is 21.2. The predicted molar refractivity (Wildman–Crippen MR) is 156 cm³/mol. The van der Waals surface area contributed by atoms with Gasteiger partial charge in [0.05, 0.1) is 25.8 Å². The van der Waals surface area contributed by atoms with Crippen LogP contribution in [0.1, 0.15) is 61.5 Å². The van der Waals surface area contributed by atoms with E-state index in [2.05, 4.69) is 10.2 Å². The Morgan fingerprint density at radius 3 is 1.95 bits per heavy atom. The molecule has 2 saturated carbocycles. The molecule has 2 fully saturated rings. The molecule has 10 nitrogen and oxygen atoms in total. The lowest BCUT2D eigenvalue weighted by atomic mass is 9.94. The number of ether oxygens (including phenoxy) is 2. The maximum atomic E-state index is 13.1. The molecule has 1 atom stereocenters. The molecule has 44 heavy (non-hydrogen) atoms. The number of aromatic nitrogens is 2. The minimum atomic E-state index is -0.863. The summed E-state index contributed by atoms with van der Waals surface area (Å²) >= 11 is 0. The van der Waals surface area contributed by atoms with Crippen LogP contribution in [-0.4, -0.2) is 64.0 Å². The Balaban J connectivity index is 0.000000175. The van der Waals surface area contributed by atoms with Gasteiger partial charge in [0.2, 0.25) is 5.43 Å². The number of nitrogens with zero attached hydrogens (tertiary/aromatic N) is 4. The summed E-state index contributed by atoms with van der Waals surface area (Å²) in [5.74, 6) is -3.18. The summed E-state index contributed by atoms with van der Waals surface area (Å²) in [4.78, 5) is 49.1. The molecule has 3 aromatic rings. The Hall–Kier alpha value is -4.74. The van der Waals surface area contributed by atoms with Gasteiger partial charge in [-0.1, -0.05) is 0 Å². The van der Waals surface area contributed by atoms with Crippen LogP contribution in [0.15, 0.2) is 64.6 Å². The molecule has 0 bridgehead atoms. The Labute approximate surface area is 252 Å². The van der Waals surface area contributed by atoms with Gasteiger partial charge in [0.25, 0.3) is 0 Å². The van der Waals surface area contributed by atoms with Crippen LogP contribution in [0.4, 0.5) is 8.78 Å². The van der Waals surface area contributed by atoms with Crippen LogP contribution in [0.5, 0.6) is 0 Å². The third kappa shape index (κ3) is 7.07. The lowest BCUT2D eigenvalue weighted by Gasteiger charge is -2.29. The molecule has 1 unspecified atom stereocenters. The highest BCUT2D eigenvalue weighted by Gasteiger charge is 2.41. The van der Waals surface area contributed by atoms with Gasteiger partial charge in [-0.25, -0.2) is 13.6 Å². The Kier molecular flexibility index (Phi) is 9.26. The monoisotopic (exact) mass is 606 g/mol. The van der Waals surface area contributed by atoms with Gasteiger partial charge in [-0.3, -0.25) is 24.1 Å². The molecule has 0 saturated heterocycles. The van der Waals surface area contributed by atoms with E-state index in [4.69, 9.17) is 9.47 Å². The van der Waals surface area contributed by atoms with E-state index in [-0.39, 0.29) is 60.4 Å². The molecule has 0 spiro atoms. The number of carbonyl (C=O) groups is 3. The van der Waals surface area contributed by atoms with Crippen molar-refractivity contribution in [2.24, 2.45) is 11.0 Å². The van der Waals surface area contributed by atoms with Gasteiger partial charge < -0.3 is 9.47 Å². The second-order valence-electron chi connectivity index (χ2n) is 10.6. The van der Waals surface area contributed by atoms with Crippen molar-refractivity contribution in [2.45, 2.75) is 51.6 Å². The molecule has 6 rings (SSSR count). The van der Waals surface area contributed by atoms with E-state index in [1.54, 1.807) is 23.5 Å². The summed E-state index contributed by atoms with van der Waals surface area (Å²) < 4.78 is 37.7. The number of hydrogen-bond donors (Lipinski definition) is 0. The average Bonchev–Trinajstić information content (AvgIpc) is 3.93. The zero-order chi connectivity index (χ0) is 31.4. The Bertz CT molecular complexity index is 1630. The number of ketones is 1. The lowest BCUT2D eigenvalue weighted by Crippen LogP contribution is -2.45. The van der Waals surface area contributed by atoms with Crippen molar-refractivity contribution < 1.29 is 32.6 Å². The maximum absolute atomic E-state index is 13.1. The molecule has 2 aliphatic carbocycles. The molecule has 0 amide bonds. The Morgan fingerprint density at radius 2 is 1.41 bits per heavy atom.